The first-order valence-corrected chi connectivity index (χ1v) is 20.5. The Labute approximate surface area is 388 Å². The van der Waals surface area contributed by atoms with E-state index in [1.165, 1.54) is 34.6 Å². The number of benzene rings is 6. The molecular formula is C50H31F21. The predicted octanol–water partition coefficient (Wildman–Crippen LogP) is 18.8. The predicted molar refractivity (Wildman–Crippen MR) is 219 cm³/mol. The van der Waals surface area contributed by atoms with Crippen LogP contribution in [0.5, 0.6) is 0 Å². The largest absolute Gasteiger partial charge is 0.416 e. The van der Waals surface area contributed by atoms with E-state index in [1.807, 2.05) is 0 Å². The van der Waals surface area contributed by atoms with Crippen LogP contribution in [0.4, 0.5) is 92.2 Å². The fourth-order valence-electron chi connectivity index (χ4n) is 8.95. The van der Waals surface area contributed by atoms with Crippen LogP contribution in [0.1, 0.15) is 94.5 Å². The van der Waals surface area contributed by atoms with Gasteiger partial charge in [0.25, 0.3) is 0 Å². The molecule has 0 radical (unpaired) electrons. The summed E-state index contributed by atoms with van der Waals surface area (Å²) in [5, 5.41) is 0. The van der Waals surface area contributed by atoms with Gasteiger partial charge in [-0.1, -0.05) is 33.8 Å². The van der Waals surface area contributed by atoms with Crippen molar-refractivity contribution in [2.24, 2.45) is 0 Å². The van der Waals surface area contributed by atoms with Gasteiger partial charge in [-0.15, -0.1) is 0 Å². The van der Waals surface area contributed by atoms with Crippen LogP contribution in [0.2, 0.25) is 0 Å². The molecule has 0 atom stereocenters. The molecule has 0 aliphatic heterocycles. The first-order valence-electron chi connectivity index (χ1n) is 20.5. The second kappa shape index (κ2) is 16.4. The van der Waals surface area contributed by atoms with Crippen molar-refractivity contribution in [2.75, 3.05) is 0 Å². The molecular weight excluding hydrogens is 1000 g/mol. The Morgan fingerprint density at radius 1 is 0.239 bits per heavy atom. The van der Waals surface area contributed by atoms with Crippen molar-refractivity contribution in [3.8, 4) is 44.5 Å². The second-order valence-electron chi connectivity index (χ2n) is 18.1. The van der Waals surface area contributed by atoms with E-state index in [2.05, 4.69) is 0 Å². The van der Waals surface area contributed by atoms with Crippen LogP contribution in [0.15, 0.2) is 97.1 Å². The molecule has 1 aliphatic rings. The minimum Gasteiger partial charge on any atom is -0.166 e. The zero-order valence-corrected chi connectivity index (χ0v) is 36.7. The molecule has 1 aliphatic carbocycles. The van der Waals surface area contributed by atoms with Crippen molar-refractivity contribution in [2.45, 2.75) is 88.7 Å². The summed E-state index contributed by atoms with van der Waals surface area (Å²) in [5.41, 5.74) is -22.0. The van der Waals surface area contributed by atoms with E-state index in [0.717, 1.165) is 30.3 Å². The van der Waals surface area contributed by atoms with E-state index in [4.69, 9.17) is 0 Å². The van der Waals surface area contributed by atoms with Crippen molar-refractivity contribution in [1.29, 1.82) is 0 Å². The molecule has 0 unspecified atom stereocenters. The van der Waals surface area contributed by atoms with E-state index in [0.29, 0.717) is 24.3 Å². The van der Waals surface area contributed by atoms with Gasteiger partial charge < -0.3 is 0 Å². The summed E-state index contributed by atoms with van der Waals surface area (Å²) in [7, 11) is 0. The fraction of sp³-hybridized carbons (Fsp3) is 0.280. The average Bonchev–Trinajstić information content (AvgIpc) is 3.22. The highest BCUT2D eigenvalue weighted by Crippen LogP contribution is 2.56. The van der Waals surface area contributed by atoms with Gasteiger partial charge in [0.05, 0.1) is 38.9 Å². The van der Waals surface area contributed by atoms with Gasteiger partial charge >= 0.3 is 43.2 Å². The minimum atomic E-state index is -5.52. The van der Waals surface area contributed by atoms with Gasteiger partial charge in [-0.05, 0) is 170 Å². The fourth-order valence-corrected chi connectivity index (χ4v) is 8.95. The molecule has 0 aromatic heterocycles. The molecule has 0 heterocycles. The maximum atomic E-state index is 14.3. The lowest BCUT2D eigenvalue weighted by atomic mass is 9.58. The monoisotopic (exact) mass is 1030 g/mol. The number of rotatable bonds is 4. The van der Waals surface area contributed by atoms with Crippen LogP contribution in [0.25, 0.3) is 44.5 Å². The van der Waals surface area contributed by atoms with Gasteiger partial charge in [0.2, 0.25) is 0 Å². The zero-order chi connectivity index (χ0) is 53.4. The number of hydrogen-bond acceptors (Lipinski definition) is 0. The number of halogens is 21. The standard InChI is InChI=1S/C50H31F21/c1-22-6-23(8-27(7-22)44(51,52)53)34-18-38-39(19-35(34)24-9-28(45(54,55)56)15-29(10-24)46(57,58)59)43(4,5)41-21-37(26-13-32(49(66,67)68)17-33(14-26)50(69,70)71)36(20-40(41)42(38,2)3)25-11-30(47(60,61)62)16-31(12-25)48(63,64)65/h6-21H,1-5H3. The van der Waals surface area contributed by atoms with Crippen LogP contribution in [0, 0.1) is 6.92 Å². The highest BCUT2D eigenvalue weighted by atomic mass is 19.4. The molecule has 0 bridgehead atoms. The van der Waals surface area contributed by atoms with Crippen molar-refractivity contribution < 1.29 is 92.2 Å². The maximum absolute atomic E-state index is 14.3. The summed E-state index contributed by atoms with van der Waals surface area (Å²) in [5.74, 6) is 0. The number of aryl methyl sites for hydroxylation is 1. The van der Waals surface area contributed by atoms with Gasteiger partial charge in [-0.3, -0.25) is 0 Å². The Morgan fingerprint density at radius 3 is 0.592 bits per heavy atom. The highest BCUT2D eigenvalue weighted by Gasteiger charge is 2.46. The van der Waals surface area contributed by atoms with E-state index in [9.17, 15) is 92.2 Å². The molecule has 378 valence electrons. The van der Waals surface area contributed by atoms with Crippen molar-refractivity contribution in [3.63, 3.8) is 0 Å². The zero-order valence-electron chi connectivity index (χ0n) is 36.7. The summed E-state index contributed by atoms with van der Waals surface area (Å²) in [6.07, 6.45) is -38.0. The third-order valence-electron chi connectivity index (χ3n) is 12.4. The number of fused-ring (bicyclic) bond motifs is 2. The van der Waals surface area contributed by atoms with Gasteiger partial charge in [-0.25, -0.2) is 0 Å². The van der Waals surface area contributed by atoms with Gasteiger partial charge in [0.1, 0.15) is 0 Å². The smallest absolute Gasteiger partial charge is 0.166 e. The first kappa shape index (κ1) is 52.7. The number of hydrogen-bond donors (Lipinski definition) is 0. The molecule has 21 heteroatoms. The van der Waals surface area contributed by atoms with E-state index >= 15 is 0 Å². The molecule has 0 amide bonds. The van der Waals surface area contributed by atoms with Crippen molar-refractivity contribution in [1.82, 2.24) is 0 Å². The van der Waals surface area contributed by atoms with Crippen molar-refractivity contribution in [3.05, 3.63) is 164 Å². The highest BCUT2D eigenvalue weighted by molar-refractivity contribution is 5.90. The molecule has 71 heavy (non-hydrogen) atoms. The topological polar surface area (TPSA) is 0 Å². The molecule has 0 N–H and O–H groups in total. The van der Waals surface area contributed by atoms with E-state index in [1.54, 1.807) is 0 Å². The Bertz CT molecular complexity index is 2990. The number of alkyl halides is 21. The van der Waals surface area contributed by atoms with Gasteiger partial charge in [0.15, 0.2) is 0 Å². The lowest BCUT2D eigenvalue weighted by molar-refractivity contribution is -0.144. The second-order valence-corrected chi connectivity index (χ2v) is 18.1. The lowest BCUT2D eigenvalue weighted by Gasteiger charge is -2.45. The van der Waals surface area contributed by atoms with E-state index < -0.39 is 126 Å². The van der Waals surface area contributed by atoms with Crippen LogP contribution < -0.4 is 0 Å². The van der Waals surface area contributed by atoms with Gasteiger partial charge in [-0.2, -0.15) is 92.2 Å². The van der Waals surface area contributed by atoms with E-state index in [-0.39, 0.29) is 81.4 Å². The Hall–Kier alpha value is -6.15. The molecule has 0 nitrogen and oxygen atoms in total. The molecule has 6 aromatic carbocycles. The SMILES string of the molecule is Cc1cc(-c2cc3c(cc2-c2cc(C(F)(F)F)cc(C(F)(F)F)c2)C(C)(C)c2cc(-c4cc(C(F)(F)F)cc(C(F)(F)F)c4)c(-c4cc(C(F)(F)F)cc(C(F)(F)F)c4)cc2C3(C)C)cc(C(F)(F)F)c1. The Kier molecular flexibility index (Phi) is 12.2. The third kappa shape index (κ3) is 10.1. The van der Waals surface area contributed by atoms with Crippen LogP contribution >= 0.6 is 0 Å². The molecule has 7 rings (SSSR count). The Morgan fingerprint density at radius 2 is 0.408 bits per heavy atom. The summed E-state index contributed by atoms with van der Waals surface area (Å²) in [6.45, 7) is 6.64. The minimum absolute atomic E-state index is 0.0273. The summed E-state index contributed by atoms with van der Waals surface area (Å²) in [4.78, 5) is 0. The Balaban J connectivity index is 1.66. The first-order chi connectivity index (χ1) is 32.0. The maximum Gasteiger partial charge on any atom is 0.416 e. The third-order valence-corrected chi connectivity index (χ3v) is 12.4. The summed E-state index contributed by atoms with van der Waals surface area (Å²) < 4.78 is 301. The van der Waals surface area contributed by atoms with Gasteiger partial charge in [0, 0.05) is 10.8 Å². The summed E-state index contributed by atoms with van der Waals surface area (Å²) >= 11 is 0. The molecule has 0 spiro atoms. The quantitative estimate of drug-likeness (QED) is 0.154. The molecule has 0 saturated heterocycles. The summed E-state index contributed by atoms with van der Waals surface area (Å²) in [6, 6.07) is 7.16. The average molecular weight is 1030 g/mol. The lowest BCUT2D eigenvalue weighted by Crippen LogP contribution is -2.37. The van der Waals surface area contributed by atoms with Crippen LogP contribution in [-0.2, 0) is 54.1 Å². The molecule has 0 saturated carbocycles. The van der Waals surface area contributed by atoms with Crippen LogP contribution in [-0.4, -0.2) is 0 Å². The molecule has 0 fully saturated rings. The van der Waals surface area contributed by atoms with Crippen molar-refractivity contribution >= 4 is 0 Å². The normalized spacial score (nSPS) is 15.4. The van der Waals surface area contributed by atoms with Crippen LogP contribution in [0.3, 0.4) is 0 Å². The molecule has 6 aromatic rings.